The molecule has 1 N–H and O–H groups in total. The van der Waals surface area contributed by atoms with Gasteiger partial charge in [0.25, 0.3) is 5.69 Å². The van der Waals surface area contributed by atoms with Gasteiger partial charge in [-0.3, -0.25) is 10.1 Å². The molecule has 0 spiro atoms. The standard InChI is InChI=1S/C9H11NO4/c11-5-2-6-14-9-4-1-3-8(7-9)10(12)13/h1,3-4,7,11H,2,5-6H2. The Morgan fingerprint density at radius 1 is 1.50 bits per heavy atom. The molecule has 14 heavy (non-hydrogen) atoms. The highest BCUT2D eigenvalue weighted by Gasteiger charge is 2.05. The molecule has 0 atom stereocenters. The van der Waals surface area contributed by atoms with Crippen LogP contribution in [0.25, 0.3) is 0 Å². The van der Waals surface area contributed by atoms with Crippen LogP contribution in [0.1, 0.15) is 6.42 Å². The van der Waals surface area contributed by atoms with Gasteiger partial charge in [-0.05, 0) is 6.07 Å². The van der Waals surface area contributed by atoms with E-state index in [0.717, 1.165) is 0 Å². The molecule has 0 aliphatic carbocycles. The lowest BCUT2D eigenvalue weighted by Gasteiger charge is -2.03. The minimum atomic E-state index is -0.473. The second kappa shape index (κ2) is 5.18. The second-order valence-corrected chi connectivity index (χ2v) is 2.68. The van der Waals surface area contributed by atoms with E-state index in [4.69, 9.17) is 9.84 Å². The first-order valence-electron chi connectivity index (χ1n) is 4.22. The zero-order valence-electron chi connectivity index (χ0n) is 7.55. The van der Waals surface area contributed by atoms with E-state index in [1.54, 1.807) is 12.1 Å². The van der Waals surface area contributed by atoms with Gasteiger partial charge >= 0.3 is 0 Å². The third-order valence-corrected chi connectivity index (χ3v) is 1.60. The Morgan fingerprint density at radius 3 is 2.93 bits per heavy atom. The van der Waals surface area contributed by atoms with E-state index in [2.05, 4.69) is 0 Å². The fraction of sp³-hybridized carbons (Fsp3) is 0.333. The zero-order chi connectivity index (χ0) is 10.4. The highest BCUT2D eigenvalue weighted by molar-refractivity contribution is 5.37. The summed E-state index contributed by atoms with van der Waals surface area (Å²) in [5.74, 6) is 0.452. The maximum Gasteiger partial charge on any atom is 0.273 e. The molecule has 0 saturated carbocycles. The number of benzene rings is 1. The smallest absolute Gasteiger partial charge is 0.273 e. The summed E-state index contributed by atoms with van der Waals surface area (Å²) in [6.07, 6.45) is 0.517. The lowest BCUT2D eigenvalue weighted by Crippen LogP contribution is -1.99. The number of nitro groups is 1. The molecule has 0 fully saturated rings. The Kier molecular flexibility index (Phi) is 3.87. The van der Waals surface area contributed by atoms with Crippen LogP contribution in [0.2, 0.25) is 0 Å². The van der Waals surface area contributed by atoms with Crippen molar-refractivity contribution in [3.05, 3.63) is 34.4 Å². The summed E-state index contributed by atoms with van der Waals surface area (Å²) >= 11 is 0. The summed E-state index contributed by atoms with van der Waals surface area (Å²) in [6.45, 7) is 0.409. The molecule has 5 nitrogen and oxygen atoms in total. The van der Waals surface area contributed by atoms with Crippen LogP contribution in [0.4, 0.5) is 5.69 Å². The van der Waals surface area contributed by atoms with Crippen LogP contribution >= 0.6 is 0 Å². The topological polar surface area (TPSA) is 72.6 Å². The van der Waals surface area contributed by atoms with Gasteiger partial charge in [0.15, 0.2) is 0 Å². The number of hydrogen-bond acceptors (Lipinski definition) is 4. The summed E-state index contributed by atoms with van der Waals surface area (Å²) in [4.78, 5) is 9.92. The molecule has 0 radical (unpaired) electrons. The first kappa shape index (κ1) is 10.5. The van der Waals surface area contributed by atoms with Crippen LogP contribution in [-0.2, 0) is 0 Å². The van der Waals surface area contributed by atoms with Crippen molar-refractivity contribution in [3.63, 3.8) is 0 Å². The number of rotatable bonds is 5. The SMILES string of the molecule is O=[N+]([O-])c1cccc(OCCCO)c1. The van der Waals surface area contributed by atoms with Crippen molar-refractivity contribution in [1.29, 1.82) is 0 Å². The van der Waals surface area contributed by atoms with Gasteiger partial charge in [-0.1, -0.05) is 6.07 Å². The normalized spacial score (nSPS) is 9.79. The Hall–Kier alpha value is -1.62. The monoisotopic (exact) mass is 197 g/mol. The minimum absolute atomic E-state index is 0.00602. The summed E-state index contributed by atoms with van der Waals surface area (Å²) < 4.78 is 5.17. The van der Waals surface area contributed by atoms with Crippen LogP contribution in [0.15, 0.2) is 24.3 Å². The number of ether oxygens (including phenoxy) is 1. The Morgan fingerprint density at radius 2 is 2.29 bits per heavy atom. The highest BCUT2D eigenvalue weighted by atomic mass is 16.6. The number of non-ortho nitro benzene ring substituents is 1. The van der Waals surface area contributed by atoms with E-state index in [9.17, 15) is 10.1 Å². The second-order valence-electron chi connectivity index (χ2n) is 2.68. The number of hydrogen-bond donors (Lipinski definition) is 1. The van der Waals surface area contributed by atoms with Crippen molar-refractivity contribution >= 4 is 5.69 Å². The van der Waals surface area contributed by atoms with E-state index in [1.165, 1.54) is 12.1 Å². The molecule has 0 aliphatic rings. The average Bonchev–Trinajstić information content (AvgIpc) is 2.19. The predicted molar refractivity (Wildman–Crippen MR) is 50.3 cm³/mol. The minimum Gasteiger partial charge on any atom is -0.493 e. The number of nitrogens with zero attached hydrogens (tertiary/aromatic N) is 1. The molecular formula is C9H11NO4. The molecular weight excluding hydrogens is 186 g/mol. The van der Waals surface area contributed by atoms with Gasteiger partial charge in [0.2, 0.25) is 0 Å². The summed E-state index contributed by atoms with van der Waals surface area (Å²) in [5.41, 5.74) is 0.00602. The summed E-state index contributed by atoms with van der Waals surface area (Å²) in [6, 6.07) is 5.97. The maximum absolute atomic E-state index is 10.4. The van der Waals surface area contributed by atoms with Gasteiger partial charge in [-0.15, -0.1) is 0 Å². The highest BCUT2D eigenvalue weighted by Crippen LogP contribution is 2.18. The summed E-state index contributed by atoms with van der Waals surface area (Å²) in [5, 5.41) is 18.9. The van der Waals surface area contributed by atoms with Crippen molar-refractivity contribution in [3.8, 4) is 5.75 Å². The van der Waals surface area contributed by atoms with Crippen molar-refractivity contribution in [2.45, 2.75) is 6.42 Å². The molecule has 0 unspecified atom stereocenters. The quantitative estimate of drug-likeness (QED) is 0.439. The van der Waals surface area contributed by atoms with Gasteiger partial charge < -0.3 is 9.84 Å². The molecule has 0 aromatic heterocycles. The van der Waals surface area contributed by atoms with Gasteiger partial charge in [0, 0.05) is 19.1 Å². The molecule has 1 aromatic rings. The van der Waals surface area contributed by atoms with Gasteiger partial charge in [-0.25, -0.2) is 0 Å². The molecule has 1 aromatic carbocycles. The maximum atomic E-state index is 10.4. The van der Waals surface area contributed by atoms with Crippen molar-refractivity contribution in [2.75, 3.05) is 13.2 Å². The van der Waals surface area contributed by atoms with Crippen LogP contribution in [-0.4, -0.2) is 23.2 Å². The fourth-order valence-electron chi connectivity index (χ4n) is 0.941. The van der Waals surface area contributed by atoms with E-state index in [0.29, 0.717) is 18.8 Å². The molecule has 0 amide bonds. The molecule has 0 saturated heterocycles. The molecule has 5 heteroatoms. The molecule has 1 rings (SSSR count). The molecule has 0 aliphatic heterocycles. The Bertz CT molecular complexity index is 313. The van der Waals surface area contributed by atoms with E-state index < -0.39 is 4.92 Å². The Balaban J connectivity index is 2.59. The van der Waals surface area contributed by atoms with Crippen molar-refractivity contribution in [2.24, 2.45) is 0 Å². The van der Waals surface area contributed by atoms with Crippen molar-refractivity contribution < 1.29 is 14.8 Å². The number of nitro benzene ring substituents is 1. The van der Waals surface area contributed by atoms with Crippen LogP contribution in [0.3, 0.4) is 0 Å². The third-order valence-electron chi connectivity index (χ3n) is 1.60. The average molecular weight is 197 g/mol. The van der Waals surface area contributed by atoms with Crippen molar-refractivity contribution in [1.82, 2.24) is 0 Å². The Labute approximate surface area is 81.1 Å². The predicted octanol–water partition coefficient (Wildman–Crippen LogP) is 1.36. The van der Waals surface area contributed by atoms with Gasteiger partial charge in [-0.2, -0.15) is 0 Å². The molecule has 76 valence electrons. The molecule has 0 heterocycles. The van der Waals surface area contributed by atoms with Gasteiger partial charge in [0.1, 0.15) is 5.75 Å². The van der Waals surface area contributed by atoms with Gasteiger partial charge in [0.05, 0.1) is 17.6 Å². The van der Waals surface area contributed by atoms with Crippen LogP contribution < -0.4 is 4.74 Å². The summed E-state index contributed by atoms with van der Waals surface area (Å²) in [7, 11) is 0. The largest absolute Gasteiger partial charge is 0.493 e. The van der Waals surface area contributed by atoms with E-state index >= 15 is 0 Å². The number of aliphatic hydroxyl groups is 1. The van der Waals surface area contributed by atoms with E-state index in [-0.39, 0.29) is 12.3 Å². The molecule has 0 bridgehead atoms. The lowest BCUT2D eigenvalue weighted by molar-refractivity contribution is -0.384. The lowest BCUT2D eigenvalue weighted by atomic mass is 10.3. The first-order valence-corrected chi connectivity index (χ1v) is 4.22. The number of aliphatic hydroxyl groups excluding tert-OH is 1. The van der Waals surface area contributed by atoms with E-state index in [1.807, 2.05) is 0 Å². The third kappa shape index (κ3) is 3.02. The van der Waals surface area contributed by atoms with Crippen LogP contribution in [0.5, 0.6) is 5.75 Å². The fourth-order valence-corrected chi connectivity index (χ4v) is 0.941. The first-order chi connectivity index (χ1) is 6.74. The van der Waals surface area contributed by atoms with Crippen LogP contribution in [0, 0.1) is 10.1 Å². The zero-order valence-corrected chi connectivity index (χ0v) is 7.55.